The highest BCUT2D eigenvalue weighted by molar-refractivity contribution is 5.81. The number of rotatable bonds is 7. The van der Waals surface area contributed by atoms with E-state index in [9.17, 15) is 30.7 Å². The first-order valence-corrected chi connectivity index (χ1v) is 9.20. The lowest BCUT2D eigenvalue weighted by molar-refractivity contribution is -0.143. The van der Waals surface area contributed by atoms with Crippen molar-refractivity contribution in [2.45, 2.75) is 12.8 Å². The van der Waals surface area contributed by atoms with Gasteiger partial charge in [0.1, 0.15) is 17.9 Å². The van der Waals surface area contributed by atoms with Crippen LogP contribution in [-0.2, 0) is 12.8 Å². The van der Waals surface area contributed by atoms with Gasteiger partial charge in [0, 0.05) is 0 Å². The van der Waals surface area contributed by atoms with E-state index < -0.39 is 40.7 Å². The molecular weight excluding hydrogens is 457 g/mol. The van der Waals surface area contributed by atoms with E-state index in [1.807, 2.05) is 30.3 Å². The van der Waals surface area contributed by atoms with Crippen molar-refractivity contribution in [1.29, 1.82) is 0 Å². The number of halogens is 7. The highest BCUT2D eigenvalue weighted by Crippen LogP contribution is 2.38. The molecule has 11 heteroatoms. The second-order valence-electron chi connectivity index (χ2n) is 6.56. The summed E-state index contributed by atoms with van der Waals surface area (Å²) in [4.78, 5) is 0. The average molecular weight is 472 g/mol. The van der Waals surface area contributed by atoms with E-state index in [0.717, 1.165) is 11.8 Å². The van der Waals surface area contributed by atoms with Crippen LogP contribution in [-0.4, -0.2) is 13.3 Å². The van der Waals surface area contributed by atoms with Crippen LogP contribution >= 0.6 is 0 Å². The van der Waals surface area contributed by atoms with E-state index >= 15 is 0 Å². The van der Waals surface area contributed by atoms with Crippen molar-refractivity contribution < 1.29 is 40.2 Å². The van der Waals surface area contributed by atoms with Crippen molar-refractivity contribution >= 4 is 11.9 Å². The standard InChI is InChI=1S/C22H15F7N2O2/c1-32-15-9-13(7-8-14(15)33-11-12-5-3-2-4-6-12)10-30-31-21-19(25)17(23)16(22(27,28)29)18(24)20(21)26/h2-10,31H,11H2,1H3. The van der Waals surface area contributed by atoms with E-state index in [4.69, 9.17) is 9.47 Å². The fourth-order valence-electron chi connectivity index (χ4n) is 2.77. The number of methoxy groups -OCH3 is 1. The molecule has 0 aliphatic carbocycles. The van der Waals surface area contributed by atoms with Crippen LogP contribution in [0.15, 0.2) is 53.6 Å². The molecule has 3 aromatic carbocycles. The molecule has 0 aliphatic heterocycles. The van der Waals surface area contributed by atoms with Crippen molar-refractivity contribution in [2.24, 2.45) is 5.10 Å². The molecule has 1 N–H and O–H groups in total. The van der Waals surface area contributed by atoms with Gasteiger partial charge in [-0.1, -0.05) is 30.3 Å². The Bertz CT molecular complexity index is 1140. The molecule has 0 saturated carbocycles. The third-order valence-electron chi connectivity index (χ3n) is 4.36. The van der Waals surface area contributed by atoms with Gasteiger partial charge < -0.3 is 9.47 Å². The Hall–Kier alpha value is -3.76. The molecule has 0 bridgehead atoms. The fraction of sp³-hybridized carbons (Fsp3) is 0.136. The van der Waals surface area contributed by atoms with Crippen LogP contribution < -0.4 is 14.9 Å². The third kappa shape index (κ3) is 5.36. The number of alkyl halides is 3. The molecule has 0 unspecified atom stereocenters. The van der Waals surface area contributed by atoms with Crippen molar-refractivity contribution in [3.63, 3.8) is 0 Å². The SMILES string of the molecule is COc1cc(C=NNc2c(F)c(F)c(C(F)(F)F)c(F)c2F)ccc1OCc1ccccc1. The number of benzene rings is 3. The molecule has 0 amide bonds. The summed E-state index contributed by atoms with van der Waals surface area (Å²) in [6.45, 7) is 0.260. The first-order chi connectivity index (χ1) is 15.6. The average Bonchev–Trinajstić information content (AvgIpc) is 2.78. The number of hydrogen-bond donors (Lipinski definition) is 1. The maximum Gasteiger partial charge on any atom is 0.422 e. The molecule has 33 heavy (non-hydrogen) atoms. The zero-order chi connectivity index (χ0) is 24.2. The second-order valence-corrected chi connectivity index (χ2v) is 6.56. The highest BCUT2D eigenvalue weighted by Gasteiger charge is 2.42. The van der Waals surface area contributed by atoms with Crippen LogP contribution in [0.4, 0.5) is 36.4 Å². The normalized spacial score (nSPS) is 11.6. The van der Waals surface area contributed by atoms with Gasteiger partial charge in [-0.3, -0.25) is 5.43 Å². The van der Waals surface area contributed by atoms with Crippen LogP contribution in [0.25, 0.3) is 0 Å². The van der Waals surface area contributed by atoms with Crippen LogP contribution in [0, 0.1) is 23.3 Å². The second kappa shape index (κ2) is 9.80. The summed E-state index contributed by atoms with van der Waals surface area (Å²) in [7, 11) is 1.38. The van der Waals surface area contributed by atoms with Crippen molar-refractivity contribution in [3.8, 4) is 11.5 Å². The molecule has 4 nitrogen and oxygen atoms in total. The zero-order valence-electron chi connectivity index (χ0n) is 16.8. The molecule has 0 heterocycles. The highest BCUT2D eigenvalue weighted by atomic mass is 19.4. The van der Waals surface area contributed by atoms with E-state index in [-0.39, 0.29) is 6.61 Å². The van der Waals surface area contributed by atoms with Gasteiger partial charge in [-0.2, -0.15) is 18.3 Å². The monoisotopic (exact) mass is 472 g/mol. The topological polar surface area (TPSA) is 42.8 Å². The lowest BCUT2D eigenvalue weighted by Gasteiger charge is -2.13. The van der Waals surface area contributed by atoms with Gasteiger partial charge >= 0.3 is 6.18 Å². The van der Waals surface area contributed by atoms with Gasteiger partial charge in [-0.05, 0) is 29.3 Å². The first kappa shape index (κ1) is 23.9. The Labute approximate surface area is 183 Å². The van der Waals surface area contributed by atoms with Gasteiger partial charge in [-0.15, -0.1) is 0 Å². The minimum Gasteiger partial charge on any atom is -0.493 e. The van der Waals surface area contributed by atoms with Crippen LogP contribution in [0.3, 0.4) is 0 Å². The lowest BCUT2D eigenvalue weighted by Crippen LogP contribution is -2.16. The van der Waals surface area contributed by atoms with Gasteiger partial charge in [0.15, 0.2) is 34.8 Å². The number of hydrogen-bond acceptors (Lipinski definition) is 4. The van der Waals surface area contributed by atoms with Crippen LogP contribution in [0.2, 0.25) is 0 Å². The summed E-state index contributed by atoms with van der Waals surface area (Å²) in [6, 6.07) is 13.8. The molecule has 0 radical (unpaired) electrons. The maximum atomic E-state index is 13.9. The van der Waals surface area contributed by atoms with E-state index in [1.165, 1.54) is 25.3 Å². The molecule has 0 aliphatic rings. The molecule has 0 spiro atoms. The summed E-state index contributed by atoms with van der Waals surface area (Å²) in [5.41, 5.74) is -1.25. The summed E-state index contributed by atoms with van der Waals surface area (Å²) in [6.07, 6.45) is -4.62. The minimum absolute atomic E-state index is 0.260. The van der Waals surface area contributed by atoms with Gasteiger partial charge in [0.25, 0.3) is 0 Å². The Morgan fingerprint density at radius 1 is 0.879 bits per heavy atom. The van der Waals surface area contributed by atoms with E-state index in [1.54, 1.807) is 5.43 Å². The number of anilines is 1. The molecule has 3 rings (SSSR count). The Morgan fingerprint density at radius 3 is 2.09 bits per heavy atom. The first-order valence-electron chi connectivity index (χ1n) is 9.20. The van der Waals surface area contributed by atoms with Crippen molar-refractivity contribution in [1.82, 2.24) is 0 Å². The Balaban J connectivity index is 1.78. The maximum absolute atomic E-state index is 13.9. The number of hydrazone groups is 1. The molecule has 3 aromatic rings. The summed E-state index contributed by atoms with van der Waals surface area (Å²) in [5.74, 6) is -9.02. The molecule has 0 fully saturated rings. The van der Waals surface area contributed by atoms with Gasteiger partial charge in [-0.25, -0.2) is 17.6 Å². The van der Waals surface area contributed by atoms with E-state index in [0.29, 0.717) is 17.1 Å². The smallest absolute Gasteiger partial charge is 0.422 e. The fourth-order valence-corrected chi connectivity index (χ4v) is 2.77. The summed E-state index contributed by atoms with van der Waals surface area (Å²) < 4.78 is 104. The predicted molar refractivity (Wildman–Crippen MR) is 106 cm³/mol. The van der Waals surface area contributed by atoms with Gasteiger partial charge in [0.05, 0.1) is 13.3 Å². The molecular formula is C22H15F7N2O2. The summed E-state index contributed by atoms with van der Waals surface area (Å²) in [5, 5.41) is 3.44. The Kier molecular flexibility index (Phi) is 7.10. The largest absolute Gasteiger partial charge is 0.493 e. The molecule has 174 valence electrons. The number of ether oxygens (including phenoxy) is 2. The van der Waals surface area contributed by atoms with E-state index in [2.05, 4.69) is 5.10 Å². The Morgan fingerprint density at radius 2 is 1.52 bits per heavy atom. The number of nitrogens with zero attached hydrogens (tertiary/aromatic N) is 1. The molecule has 0 atom stereocenters. The van der Waals surface area contributed by atoms with Crippen molar-refractivity contribution in [2.75, 3.05) is 12.5 Å². The number of nitrogens with one attached hydrogen (secondary N) is 1. The molecule has 0 aromatic heterocycles. The molecule has 0 saturated heterocycles. The lowest BCUT2D eigenvalue weighted by atomic mass is 10.1. The van der Waals surface area contributed by atoms with Crippen molar-refractivity contribution in [3.05, 3.63) is 88.5 Å². The zero-order valence-corrected chi connectivity index (χ0v) is 16.8. The van der Waals surface area contributed by atoms with Crippen LogP contribution in [0.1, 0.15) is 16.7 Å². The minimum atomic E-state index is -5.63. The van der Waals surface area contributed by atoms with Crippen LogP contribution in [0.5, 0.6) is 11.5 Å². The third-order valence-corrected chi connectivity index (χ3v) is 4.36. The summed E-state index contributed by atoms with van der Waals surface area (Å²) >= 11 is 0. The van der Waals surface area contributed by atoms with Gasteiger partial charge in [0.2, 0.25) is 0 Å². The quantitative estimate of drug-likeness (QED) is 0.190. The predicted octanol–water partition coefficient (Wildman–Crippen LogP) is 6.30.